The predicted octanol–water partition coefficient (Wildman–Crippen LogP) is 3.55. The van der Waals surface area contributed by atoms with Crippen LogP contribution >= 0.6 is 0 Å². The van der Waals surface area contributed by atoms with Gasteiger partial charge in [0.15, 0.2) is 0 Å². The molecule has 31 heavy (non-hydrogen) atoms. The third-order valence-corrected chi connectivity index (χ3v) is 5.85. The van der Waals surface area contributed by atoms with Crippen LogP contribution in [0.1, 0.15) is 11.7 Å². The van der Waals surface area contributed by atoms with Crippen molar-refractivity contribution >= 4 is 31.4 Å². The van der Waals surface area contributed by atoms with Crippen molar-refractivity contribution in [3.8, 4) is 0 Å². The topological polar surface area (TPSA) is 170 Å². The molecule has 0 bridgehead atoms. The Bertz CT molecular complexity index is 1220. The van der Waals surface area contributed by atoms with Crippen LogP contribution in [0, 0.1) is 0 Å². The van der Waals surface area contributed by atoms with Crippen LogP contribution in [-0.2, 0) is 20.0 Å². The second kappa shape index (κ2) is 9.22. The van der Waals surface area contributed by atoms with Gasteiger partial charge in [0.2, 0.25) is 26.2 Å². The number of hydrogen-bond donors (Lipinski definition) is 2. The third kappa shape index (κ3) is 6.33. The highest BCUT2D eigenvalue weighted by Gasteiger charge is 2.10. The number of nitrogens with two attached hydrogens (primary N) is 2. The number of sulfonamides is 2. The van der Waals surface area contributed by atoms with Crippen molar-refractivity contribution in [3.63, 3.8) is 0 Å². The highest BCUT2D eigenvalue weighted by Crippen LogP contribution is 2.25. The third-order valence-electron chi connectivity index (χ3n) is 3.99. The van der Waals surface area contributed by atoms with Crippen LogP contribution in [0.25, 0.3) is 0 Å². The molecule has 0 aliphatic rings. The number of nitrogens with zero attached hydrogens (tertiary/aromatic N) is 4. The predicted molar refractivity (Wildman–Crippen MR) is 114 cm³/mol. The Balaban J connectivity index is 1.85. The van der Waals surface area contributed by atoms with E-state index in [0.29, 0.717) is 11.4 Å². The fourth-order valence-corrected chi connectivity index (χ4v) is 3.46. The SMILES string of the molecule is NS(=O)(=O)c1ccc(N=NC(N=Nc2ccc(S(N)(=O)=O)cc2)c2ccccc2)cc1. The van der Waals surface area contributed by atoms with Gasteiger partial charge in [-0.3, -0.25) is 0 Å². The summed E-state index contributed by atoms with van der Waals surface area (Å²) in [5.41, 5.74) is 1.53. The summed E-state index contributed by atoms with van der Waals surface area (Å²) in [6.45, 7) is 0. The van der Waals surface area contributed by atoms with Crippen molar-refractivity contribution in [2.24, 2.45) is 30.7 Å². The van der Waals surface area contributed by atoms with Gasteiger partial charge < -0.3 is 0 Å². The van der Waals surface area contributed by atoms with E-state index in [1.165, 1.54) is 48.5 Å². The molecule has 0 heterocycles. The van der Waals surface area contributed by atoms with Crippen LogP contribution in [0.5, 0.6) is 0 Å². The maximum atomic E-state index is 11.3. The zero-order valence-corrected chi connectivity index (χ0v) is 17.6. The number of azo groups is 2. The molecule has 3 rings (SSSR count). The van der Waals surface area contributed by atoms with Gasteiger partial charge in [-0.25, -0.2) is 27.1 Å². The van der Waals surface area contributed by atoms with Crippen LogP contribution in [0.2, 0.25) is 0 Å². The minimum atomic E-state index is -3.80. The molecule has 0 saturated heterocycles. The fraction of sp³-hybridized carbons (Fsp3) is 0.0526. The lowest BCUT2D eigenvalue weighted by atomic mass is 10.2. The van der Waals surface area contributed by atoms with Crippen molar-refractivity contribution in [2.45, 2.75) is 16.0 Å². The van der Waals surface area contributed by atoms with Crippen LogP contribution in [0.4, 0.5) is 11.4 Å². The highest BCUT2D eigenvalue weighted by molar-refractivity contribution is 7.89. The van der Waals surface area contributed by atoms with Gasteiger partial charge in [0.1, 0.15) is 0 Å². The van der Waals surface area contributed by atoms with E-state index in [4.69, 9.17) is 10.3 Å². The quantitative estimate of drug-likeness (QED) is 0.516. The molecule has 0 fully saturated rings. The van der Waals surface area contributed by atoms with Crippen LogP contribution in [-0.4, -0.2) is 16.8 Å². The molecule has 0 spiro atoms. The van der Waals surface area contributed by atoms with Gasteiger partial charge in [0.25, 0.3) is 0 Å². The maximum Gasteiger partial charge on any atom is 0.238 e. The van der Waals surface area contributed by atoms with E-state index in [9.17, 15) is 16.8 Å². The fourth-order valence-electron chi connectivity index (χ4n) is 2.43. The van der Waals surface area contributed by atoms with Crippen molar-refractivity contribution < 1.29 is 16.8 Å². The lowest BCUT2D eigenvalue weighted by Gasteiger charge is -2.06. The minimum absolute atomic E-state index is 0.0336. The van der Waals surface area contributed by atoms with Crippen molar-refractivity contribution in [2.75, 3.05) is 0 Å². The molecule has 3 aromatic rings. The molecule has 0 amide bonds. The normalized spacial score (nSPS) is 13.6. The van der Waals surface area contributed by atoms with E-state index >= 15 is 0 Å². The first-order valence-corrected chi connectivity index (χ1v) is 11.8. The van der Waals surface area contributed by atoms with Gasteiger partial charge in [0.05, 0.1) is 21.2 Å². The van der Waals surface area contributed by atoms with Gasteiger partial charge in [-0.05, 0) is 48.5 Å². The van der Waals surface area contributed by atoms with Crippen molar-refractivity contribution in [3.05, 3.63) is 84.4 Å². The van der Waals surface area contributed by atoms with Gasteiger partial charge in [-0.15, -0.1) is 0 Å². The molecule has 0 saturated carbocycles. The van der Waals surface area contributed by atoms with Gasteiger partial charge in [0, 0.05) is 5.56 Å². The first kappa shape index (κ1) is 22.4. The van der Waals surface area contributed by atoms with Crippen LogP contribution < -0.4 is 10.3 Å². The molecule has 3 aromatic carbocycles. The average Bonchev–Trinajstić information content (AvgIpc) is 2.74. The van der Waals surface area contributed by atoms with Gasteiger partial charge >= 0.3 is 0 Å². The first-order valence-electron chi connectivity index (χ1n) is 8.75. The molecule has 0 unspecified atom stereocenters. The highest BCUT2D eigenvalue weighted by atomic mass is 32.2. The summed E-state index contributed by atoms with van der Waals surface area (Å²) in [6.07, 6.45) is -0.781. The summed E-state index contributed by atoms with van der Waals surface area (Å²) in [5.74, 6) is 0. The van der Waals surface area contributed by atoms with Gasteiger partial charge in [-0.2, -0.15) is 20.5 Å². The van der Waals surface area contributed by atoms with E-state index in [2.05, 4.69) is 20.5 Å². The lowest BCUT2D eigenvalue weighted by molar-refractivity contribution is 0.596. The summed E-state index contributed by atoms with van der Waals surface area (Å²) in [4.78, 5) is -0.0672. The Labute approximate surface area is 179 Å². The summed E-state index contributed by atoms with van der Waals surface area (Å²) < 4.78 is 45.4. The van der Waals surface area contributed by atoms with E-state index < -0.39 is 26.2 Å². The molecule has 10 nitrogen and oxygen atoms in total. The summed E-state index contributed by atoms with van der Waals surface area (Å²) in [5, 5.41) is 26.8. The molecule has 0 aliphatic carbocycles. The number of rotatable bonds is 7. The smallest absolute Gasteiger partial charge is 0.225 e. The minimum Gasteiger partial charge on any atom is -0.225 e. The Morgan fingerprint density at radius 2 is 0.968 bits per heavy atom. The largest absolute Gasteiger partial charge is 0.238 e. The standard InChI is InChI=1S/C19H18N6O4S2/c20-30(26,27)17-10-6-15(7-11-17)22-24-19(14-4-2-1-3-5-14)25-23-16-8-12-18(13-9-16)31(21,28)29/h1-13,19H,(H2,20,26,27)(H2,21,28,29). The average molecular weight is 459 g/mol. The molecule has 0 radical (unpaired) electrons. The van der Waals surface area contributed by atoms with E-state index in [-0.39, 0.29) is 9.79 Å². The van der Waals surface area contributed by atoms with E-state index in [1.807, 2.05) is 18.2 Å². The van der Waals surface area contributed by atoms with E-state index in [1.54, 1.807) is 12.1 Å². The Hall–Kier alpha value is -3.32. The zero-order valence-electron chi connectivity index (χ0n) is 16.0. The molecule has 0 aromatic heterocycles. The molecule has 0 aliphatic heterocycles. The molecule has 0 atom stereocenters. The molecule has 160 valence electrons. The van der Waals surface area contributed by atoms with E-state index in [0.717, 1.165) is 5.56 Å². The summed E-state index contributed by atoms with van der Waals surface area (Å²) in [7, 11) is -7.59. The summed E-state index contributed by atoms with van der Waals surface area (Å²) >= 11 is 0. The number of primary sulfonamides is 2. The maximum absolute atomic E-state index is 11.3. The molecule has 4 N–H and O–H groups in total. The van der Waals surface area contributed by atoms with Crippen molar-refractivity contribution in [1.29, 1.82) is 0 Å². The van der Waals surface area contributed by atoms with Crippen LogP contribution in [0.15, 0.2) is 109 Å². The summed E-state index contributed by atoms with van der Waals surface area (Å²) in [6, 6.07) is 20.3. The number of hydrogen-bond acceptors (Lipinski definition) is 8. The lowest BCUT2D eigenvalue weighted by Crippen LogP contribution is -2.11. The zero-order chi connectivity index (χ0) is 22.5. The second-order valence-electron chi connectivity index (χ2n) is 6.29. The van der Waals surface area contributed by atoms with Gasteiger partial charge in [-0.1, -0.05) is 30.3 Å². The van der Waals surface area contributed by atoms with Crippen LogP contribution in [0.3, 0.4) is 0 Å². The Kier molecular flexibility index (Phi) is 6.65. The Morgan fingerprint density at radius 1 is 0.581 bits per heavy atom. The molecular weight excluding hydrogens is 440 g/mol. The molecular formula is C19H18N6O4S2. The number of benzene rings is 3. The molecule has 12 heteroatoms. The first-order chi connectivity index (χ1) is 14.6. The Morgan fingerprint density at radius 3 is 1.32 bits per heavy atom. The monoisotopic (exact) mass is 458 g/mol. The van der Waals surface area contributed by atoms with Crippen molar-refractivity contribution in [1.82, 2.24) is 0 Å². The second-order valence-corrected chi connectivity index (χ2v) is 9.42.